The lowest BCUT2D eigenvalue weighted by molar-refractivity contribution is 1.43. The Morgan fingerprint density at radius 2 is 2.33 bits per heavy atom. The molecule has 0 radical (unpaired) electrons. The number of hydrogen-bond acceptors (Lipinski definition) is 4. The predicted molar refractivity (Wildman–Crippen MR) is 48.7 cm³/mol. The van der Waals surface area contributed by atoms with E-state index in [0.717, 1.165) is 10.1 Å². The van der Waals surface area contributed by atoms with Crippen molar-refractivity contribution in [3.05, 3.63) is 23.9 Å². The van der Waals surface area contributed by atoms with E-state index in [0.29, 0.717) is 11.4 Å². The quantitative estimate of drug-likeness (QED) is 0.620. The monoisotopic (exact) mass is 175 g/mol. The van der Waals surface area contributed by atoms with Crippen LogP contribution in [0.2, 0.25) is 0 Å². The number of nitrogens with two attached hydrogens (primary N) is 1. The number of fused-ring (bicyclic) bond motifs is 1. The average Bonchev–Trinajstić information content (AvgIpc) is 2.46. The van der Waals surface area contributed by atoms with Crippen molar-refractivity contribution in [2.24, 2.45) is 0 Å². The van der Waals surface area contributed by atoms with Crippen molar-refractivity contribution in [1.82, 2.24) is 4.37 Å². The summed E-state index contributed by atoms with van der Waals surface area (Å²) in [7, 11) is 0. The van der Waals surface area contributed by atoms with Crippen molar-refractivity contribution in [3.8, 4) is 6.07 Å². The smallest absolute Gasteiger partial charge is 0.162 e. The summed E-state index contributed by atoms with van der Waals surface area (Å²) in [5, 5.41) is 9.52. The van der Waals surface area contributed by atoms with Crippen LogP contribution in [0.5, 0.6) is 0 Å². The molecular formula is C8H5N3S. The molecule has 0 saturated carbocycles. The highest BCUT2D eigenvalue weighted by Gasteiger charge is 2.04. The molecule has 0 aliphatic carbocycles. The number of nitrogen functional groups attached to an aromatic ring is 1. The van der Waals surface area contributed by atoms with Crippen LogP contribution >= 0.6 is 11.5 Å². The number of rotatable bonds is 0. The summed E-state index contributed by atoms with van der Waals surface area (Å²) in [6.45, 7) is 0. The van der Waals surface area contributed by atoms with Gasteiger partial charge < -0.3 is 5.73 Å². The Morgan fingerprint density at radius 1 is 1.50 bits per heavy atom. The molecule has 0 spiro atoms. The number of hydrogen-bond donors (Lipinski definition) is 1. The molecular weight excluding hydrogens is 170 g/mol. The standard InChI is InChI=1S/C8H5N3S/c9-4-7-6-3-5(10)1-2-8(6)12-11-7/h1-3H,10H2. The SMILES string of the molecule is N#Cc1nsc2ccc(N)cc12. The van der Waals surface area contributed by atoms with Crippen LogP contribution in [0.3, 0.4) is 0 Å². The van der Waals surface area contributed by atoms with Crippen molar-refractivity contribution in [2.75, 3.05) is 5.73 Å². The summed E-state index contributed by atoms with van der Waals surface area (Å²) in [5.74, 6) is 0. The van der Waals surface area contributed by atoms with Gasteiger partial charge in [-0.15, -0.1) is 0 Å². The molecule has 0 unspecified atom stereocenters. The second-order valence-electron chi connectivity index (χ2n) is 2.40. The Morgan fingerprint density at radius 3 is 3.08 bits per heavy atom. The van der Waals surface area contributed by atoms with Gasteiger partial charge in [-0.1, -0.05) is 0 Å². The molecule has 0 atom stereocenters. The molecule has 0 bridgehead atoms. The molecule has 2 N–H and O–H groups in total. The minimum Gasteiger partial charge on any atom is -0.399 e. The fourth-order valence-electron chi connectivity index (χ4n) is 1.04. The second kappa shape index (κ2) is 2.47. The van der Waals surface area contributed by atoms with E-state index < -0.39 is 0 Å². The number of anilines is 1. The molecule has 3 nitrogen and oxygen atoms in total. The number of nitrogens with zero attached hydrogens (tertiary/aromatic N) is 2. The molecule has 0 fully saturated rings. The largest absolute Gasteiger partial charge is 0.399 e. The van der Waals surface area contributed by atoms with Gasteiger partial charge in [-0.25, -0.2) is 0 Å². The van der Waals surface area contributed by atoms with Crippen LogP contribution in [0.15, 0.2) is 18.2 Å². The minimum absolute atomic E-state index is 0.460. The first-order chi connectivity index (χ1) is 5.81. The van der Waals surface area contributed by atoms with Crippen molar-refractivity contribution in [2.45, 2.75) is 0 Å². The Labute approximate surface area is 73.2 Å². The fraction of sp³-hybridized carbons (Fsp3) is 0. The normalized spacial score (nSPS) is 9.92. The molecule has 1 aromatic heterocycles. The van der Waals surface area contributed by atoms with E-state index >= 15 is 0 Å². The van der Waals surface area contributed by atoms with Gasteiger partial charge in [-0.3, -0.25) is 0 Å². The van der Waals surface area contributed by atoms with Gasteiger partial charge in [0, 0.05) is 11.1 Å². The summed E-state index contributed by atoms with van der Waals surface area (Å²) < 4.78 is 4.98. The Bertz CT molecular complexity index is 467. The third kappa shape index (κ3) is 0.917. The Kier molecular flexibility index (Phi) is 1.45. The molecule has 2 rings (SSSR count). The molecule has 12 heavy (non-hydrogen) atoms. The molecule has 4 heteroatoms. The van der Waals surface area contributed by atoms with E-state index in [-0.39, 0.29) is 0 Å². The topological polar surface area (TPSA) is 62.7 Å². The van der Waals surface area contributed by atoms with Crippen molar-refractivity contribution >= 4 is 27.3 Å². The van der Waals surface area contributed by atoms with Gasteiger partial charge in [-0.2, -0.15) is 9.64 Å². The highest BCUT2D eigenvalue weighted by atomic mass is 32.1. The van der Waals surface area contributed by atoms with Gasteiger partial charge in [-0.05, 0) is 29.7 Å². The predicted octanol–water partition coefficient (Wildman–Crippen LogP) is 1.75. The lowest BCUT2D eigenvalue weighted by Gasteiger charge is -1.90. The van der Waals surface area contributed by atoms with Crippen LogP contribution in [0, 0.1) is 11.3 Å². The molecule has 0 aliphatic rings. The van der Waals surface area contributed by atoms with Crippen LogP contribution in [0.25, 0.3) is 10.1 Å². The fourth-order valence-corrected chi connectivity index (χ4v) is 1.75. The van der Waals surface area contributed by atoms with E-state index in [1.807, 2.05) is 18.2 Å². The lowest BCUT2D eigenvalue weighted by Crippen LogP contribution is -1.82. The van der Waals surface area contributed by atoms with Crippen LogP contribution in [-0.2, 0) is 0 Å². The maximum absolute atomic E-state index is 8.67. The van der Waals surface area contributed by atoms with Crippen LogP contribution in [0.4, 0.5) is 5.69 Å². The highest BCUT2D eigenvalue weighted by molar-refractivity contribution is 7.13. The first-order valence-electron chi connectivity index (χ1n) is 3.36. The van der Waals surface area contributed by atoms with E-state index in [2.05, 4.69) is 4.37 Å². The zero-order valence-corrected chi connectivity index (χ0v) is 6.93. The van der Waals surface area contributed by atoms with Gasteiger partial charge in [0.2, 0.25) is 0 Å². The maximum Gasteiger partial charge on any atom is 0.162 e. The van der Waals surface area contributed by atoms with E-state index in [4.69, 9.17) is 11.0 Å². The Balaban J connectivity index is 2.86. The maximum atomic E-state index is 8.67. The molecule has 1 aromatic carbocycles. The average molecular weight is 175 g/mol. The van der Waals surface area contributed by atoms with E-state index in [1.54, 1.807) is 6.07 Å². The van der Waals surface area contributed by atoms with E-state index in [1.165, 1.54) is 11.5 Å². The first-order valence-corrected chi connectivity index (χ1v) is 4.13. The van der Waals surface area contributed by atoms with E-state index in [9.17, 15) is 0 Å². The lowest BCUT2D eigenvalue weighted by atomic mass is 10.2. The van der Waals surface area contributed by atoms with Crippen LogP contribution in [0.1, 0.15) is 5.69 Å². The molecule has 0 aliphatic heterocycles. The van der Waals surface area contributed by atoms with Gasteiger partial charge in [0.1, 0.15) is 6.07 Å². The molecule has 1 heterocycles. The van der Waals surface area contributed by atoms with Gasteiger partial charge >= 0.3 is 0 Å². The second-order valence-corrected chi connectivity index (χ2v) is 3.20. The highest BCUT2D eigenvalue weighted by Crippen LogP contribution is 2.23. The van der Waals surface area contributed by atoms with Crippen molar-refractivity contribution in [1.29, 1.82) is 5.26 Å². The molecule has 2 aromatic rings. The van der Waals surface area contributed by atoms with Gasteiger partial charge in [0.25, 0.3) is 0 Å². The third-order valence-electron chi connectivity index (χ3n) is 1.60. The zero-order valence-electron chi connectivity index (χ0n) is 6.11. The summed E-state index contributed by atoms with van der Waals surface area (Å²) in [6, 6.07) is 7.48. The minimum atomic E-state index is 0.460. The molecule has 0 amide bonds. The summed E-state index contributed by atoms with van der Waals surface area (Å²) in [6.07, 6.45) is 0. The van der Waals surface area contributed by atoms with Crippen molar-refractivity contribution < 1.29 is 0 Å². The Hall–Kier alpha value is -1.60. The van der Waals surface area contributed by atoms with Gasteiger partial charge in [0.15, 0.2) is 5.69 Å². The number of benzene rings is 1. The zero-order chi connectivity index (χ0) is 8.55. The number of nitriles is 1. The summed E-state index contributed by atoms with van der Waals surface area (Å²) >= 11 is 1.32. The summed E-state index contributed by atoms with van der Waals surface area (Å²) in [4.78, 5) is 0. The van der Waals surface area contributed by atoms with Crippen LogP contribution in [-0.4, -0.2) is 4.37 Å². The van der Waals surface area contributed by atoms with Gasteiger partial charge in [0.05, 0.1) is 4.70 Å². The first kappa shape index (κ1) is 7.07. The molecule has 0 saturated heterocycles. The third-order valence-corrected chi connectivity index (χ3v) is 2.43. The van der Waals surface area contributed by atoms with Crippen LogP contribution < -0.4 is 5.73 Å². The molecule has 58 valence electrons. The summed E-state index contributed by atoms with van der Waals surface area (Å²) in [5.41, 5.74) is 6.70. The number of aromatic nitrogens is 1. The van der Waals surface area contributed by atoms with Crippen molar-refractivity contribution in [3.63, 3.8) is 0 Å².